The summed E-state index contributed by atoms with van der Waals surface area (Å²) in [7, 11) is 3.17. The predicted octanol–water partition coefficient (Wildman–Crippen LogP) is 2.79. The molecule has 0 bridgehead atoms. The third kappa shape index (κ3) is 2.95. The molecule has 7 nitrogen and oxygen atoms in total. The number of rotatable bonds is 4. The number of hydrogen-bond acceptors (Lipinski definition) is 7. The molecule has 4 rings (SSSR count). The Labute approximate surface area is 162 Å². The van der Waals surface area contributed by atoms with Crippen molar-refractivity contribution in [2.75, 3.05) is 32.6 Å². The van der Waals surface area contributed by atoms with Gasteiger partial charge in [0.15, 0.2) is 17.3 Å². The summed E-state index contributed by atoms with van der Waals surface area (Å²) in [6, 6.07) is 12.4. The van der Waals surface area contributed by atoms with Gasteiger partial charge in [-0.05, 0) is 30.3 Å². The first kappa shape index (κ1) is 17.6. The van der Waals surface area contributed by atoms with Crippen LogP contribution in [-0.4, -0.2) is 43.8 Å². The van der Waals surface area contributed by atoms with Crippen molar-refractivity contribution in [3.8, 4) is 17.6 Å². The summed E-state index contributed by atoms with van der Waals surface area (Å²) in [5.41, 5.74) is 2.74. The van der Waals surface area contributed by atoms with Crippen LogP contribution in [0, 0.1) is 11.3 Å². The number of nitrogens with zero attached hydrogens (tertiary/aromatic N) is 3. The Kier molecular flexibility index (Phi) is 4.45. The van der Waals surface area contributed by atoms with Crippen molar-refractivity contribution < 1.29 is 14.3 Å². The Morgan fingerprint density at radius 3 is 2.61 bits per heavy atom. The largest absolute Gasteiger partial charge is 0.493 e. The number of nitriles is 1. The van der Waals surface area contributed by atoms with Crippen molar-refractivity contribution in [2.45, 2.75) is 0 Å². The molecular weight excluding hydrogens is 356 g/mol. The zero-order chi connectivity index (χ0) is 19.7. The molecule has 1 N–H and O–H groups in total. The SMILES string of the molecule is COc1cc2c(cc1OC)C1=NCCN1C(=CC(=O)c1ccc(C#N)cc1)N2. The number of carbonyl (C=O) groups excluding carboxylic acids is 1. The smallest absolute Gasteiger partial charge is 0.189 e. The van der Waals surface area contributed by atoms with E-state index < -0.39 is 0 Å². The summed E-state index contributed by atoms with van der Waals surface area (Å²) in [6.45, 7) is 1.33. The van der Waals surface area contributed by atoms with Gasteiger partial charge in [0.25, 0.3) is 0 Å². The van der Waals surface area contributed by atoms with E-state index in [9.17, 15) is 4.79 Å². The summed E-state index contributed by atoms with van der Waals surface area (Å²) < 4.78 is 10.8. The zero-order valence-electron chi connectivity index (χ0n) is 15.5. The lowest BCUT2D eigenvalue weighted by atomic mass is 10.1. The van der Waals surface area contributed by atoms with Crippen molar-refractivity contribution in [1.29, 1.82) is 5.26 Å². The van der Waals surface area contributed by atoms with Gasteiger partial charge in [0.1, 0.15) is 11.7 Å². The first-order valence-corrected chi connectivity index (χ1v) is 8.76. The molecule has 0 aromatic heterocycles. The Morgan fingerprint density at radius 2 is 1.93 bits per heavy atom. The molecule has 2 heterocycles. The van der Waals surface area contributed by atoms with E-state index >= 15 is 0 Å². The third-order valence-corrected chi connectivity index (χ3v) is 4.73. The minimum absolute atomic E-state index is 0.151. The highest BCUT2D eigenvalue weighted by atomic mass is 16.5. The van der Waals surface area contributed by atoms with Crippen LogP contribution in [0.15, 0.2) is 53.3 Å². The fraction of sp³-hybridized carbons (Fsp3) is 0.190. The van der Waals surface area contributed by atoms with Crippen LogP contribution in [0.3, 0.4) is 0 Å². The maximum absolute atomic E-state index is 12.7. The minimum atomic E-state index is -0.151. The molecule has 0 aliphatic carbocycles. The Morgan fingerprint density at radius 1 is 1.21 bits per heavy atom. The number of hydrogen-bond donors (Lipinski definition) is 1. The quantitative estimate of drug-likeness (QED) is 0.654. The molecule has 0 unspecified atom stereocenters. The maximum atomic E-state index is 12.7. The van der Waals surface area contributed by atoms with Gasteiger partial charge >= 0.3 is 0 Å². The zero-order valence-corrected chi connectivity index (χ0v) is 15.5. The molecule has 2 aliphatic rings. The molecule has 0 saturated carbocycles. The number of carbonyl (C=O) groups is 1. The number of amidine groups is 1. The summed E-state index contributed by atoms with van der Waals surface area (Å²) in [4.78, 5) is 19.3. The lowest BCUT2D eigenvalue weighted by Gasteiger charge is -2.31. The van der Waals surface area contributed by atoms with Gasteiger partial charge in [-0.15, -0.1) is 0 Å². The number of nitrogens with one attached hydrogen (secondary N) is 1. The van der Waals surface area contributed by atoms with Gasteiger partial charge in [-0.25, -0.2) is 0 Å². The van der Waals surface area contributed by atoms with Crippen molar-refractivity contribution in [2.24, 2.45) is 4.99 Å². The van der Waals surface area contributed by atoms with Gasteiger partial charge in [-0.3, -0.25) is 9.79 Å². The van der Waals surface area contributed by atoms with Crippen LogP contribution in [0.4, 0.5) is 5.69 Å². The van der Waals surface area contributed by atoms with Crippen molar-refractivity contribution in [3.63, 3.8) is 0 Å². The molecule has 2 aromatic rings. The van der Waals surface area contributed by atoms with E-state index in [2.05, 4.69) is 16.4 Å². The number of fused-ring (bicyclic) bond motifs is 3. The number of methoxy groups -OCH3 is 2. The first-order valence-electron chi connectivity index (χ1n) is 8.76. The molecule has 28 heavy (non-hydrogen) atoms. The summed E-state index contributed by atoms with van der Waals surface area (Å²) in [6.07, 6.45) is 1.56. The maximum Gasteiger partial charge on any atom is 0.189 e. The van der Waals surface area contributed by atoms with Crippen LogP contribution in [0.1, 0.15) is 21.5 Å². The lowest BCUT2D eigenvalue weighted by molar-refractivity contribution is 0.104. The van der Waals surface area contributed by atoms with E-state index in [0.29, 0.717) is 41.5 Å². The van der Waals surface area contributed by atoms with Crippen LogP contribution >= 0.6 is 0 Å². The second-order valence-electron chi connectivity index (χ2n) is 6.32. The first-order chi connectivity index (χ1) is 13.6. The molecular formula is C21H18N4O3. The molecule has 0 spiro atoms. The van der Waals surface area contributed by atoms with E-state index in [1.165, 1.54) is 0 Å². The van der Waals surface area contributed by atoms with Crippen LogP contribution in [0.5, 0.6) is 11.5 Å². The Balaban J connectivity index is 1.72. The molecule has 2 aromatic carbocycles. The van der Waals surface area contributed by atoms with Crippen molar-refractivity contribution in [1.82, 2.24) is 4.90 Å². The van der Waals surface area contributed by atoms with E-state index in [4.69, 9.17) is 14.7 Å². The fourth-order valence-electron chi connectivity index (χ4n) is 3.32. The van der Waals surface area contributed by atoms with Gasteiger partial charge in [0.05, 0.1) is 38.1 Å². The summed E-state index contributed by atoms with van der Waals surface area (Å²) >= 11 is 0. The van der Waals surface area contributed by atoms with Crippen LogP contribution in [0.25, 0.3) is 0 Å². The highest BCUT2D eigenvalue weighted by molar-refractivity contribution is 6.10. The van der Waals surface area contributed by atoms with Gasteiger partial charge in [0.2, 0.25) is 0 Å². The average Bonchev–Trinajstić information content (AvgIpc) is 3.23. The summed E-state index contributed by atoms with van der Waals surface area (Å²) in [5, 5.41) is 12.2. The van der Waals surface area contributed by atoms with Crippen LogP contribution in [-0.2, 0) is 0 Å². The fourth-order valence-corrected chi connectivity index (χ4v) is 3.32. The Hall–Kier alpha value is -3.79. The number of allylic oxidation sites excluding steroid dienone is 1. The molecule has 0 saturated heterocycles. The van der Waals surface area contributed by atoms with Crippen LogP contribution in [0.2, 0.25) is 0 Å². The lowest BCUT2D eigenvalue weighted by Crippen LogP contribution is -2.36. The number of aliphatic imine (C=N–C) groups is 1. The second-order valence-corrected chi connectivity index (χ2v) is 6.32. The van der Waals surface area contributed by atoms with E-state index in [0.717, 1.165) is 17.1 Å². The minimum Gasteiger partial charge on any atom is -0.493 e. The molecule has 0 amide bonds. The van der Waals surface area contributed by atoms with Gasteiger partial charge < -0.3 is 19.7 Å². The number of anilines is 1. The standard InChI is InChI=1S/C21H18N4O3/c1-27-18-9-15-16(10-19(18)28-2)24-20(25-8-7-23-21(15)25)11-17(26)14-5-3-13(12-22)4-6-14/h3-6,9-11,24H,7-8H2,1-2H3. The monoisotopic (exact) mass is 374 g/mol. The van der Waals surface area contributed by atoms with Crippen molar-refractivity contribution in [3.05, 3.63) is 65.0 Å². The second kappa shape index (κ2) is 7.08. The number of ketones is 1. The van der Waals surface area contributed by atoms with E-state index in [-0.39, 0.29) is 5.78 Å². The highest BCUT2D eigenvalue weighted by Gasteiger charge is 2.31. The van der Waals surface area contributed by atoms with E-state index in [1.54, 1.807) is 44.6 Å². The van der Waals surface area contributed by atoms with Crippen molar-refractivity contribution >= 4 is 17.3 Å². The van der Waals surface area contributed by atoms with Gasteiger partial charge in [0, 0.05) is 29.8 Å². The third-order valence-electron chi connectivity index (χ3n) is 4.73. The number of ether oxygens (including phenoxy) is 2. The summed E-state index contributed by atoms with van der Waals surface area (Å²) in [5.74, 6) is 2.53. The topological polar surface area (TPSA) is 87.0 Å². The molecule has 0 atom stereocenters. The Bertz CT molecular complexity index is 1050. The molecule has 2 aliphatic heterocycles. The van der Waals surface area contributed by atoms with E-state index in [1.807, 2.05) is 17.0 Å². The average molecular weight is 374 g/mol. The molecule has 0 radical (unpaired) electrons. The molecule has 0 fully saturated rings. The molecule has 7 heteroatoms. The van der Waals surface area contributed by atoms with Crippen LogP contribution < -0.4 is 14.8 Å². The number of benzene rings is 2. The van der Waals surface area contributed by atoms with Gasteiger partial charge in [-0.2, -0.15) is 5.26 Å². The predicted molar refractivity (Wildman–Crippen MR) is 105 cm³/mol. The van der Waals surface area contributed by atoms with Gasteiger partial charge in [-0.1, -0.05) is 0 Å². The normalized spacial score (nSPS) is 15.8. The highest BCUT2D eigenvalue weighted by Crippen LogP contribution is 2.38. The molecule has 140 valence electrons.